The first-order chi connectivity index (χ1) is 9.20. The second-order valence-corrected chi connectivity index (χ2v) is 4.35. The smallest absolute Gasteiger partial charge is 0.337 e. The molecule has 3 nitrogen and oxygen atoms in total. The molecule has 0 saturated carbocycles. The third-order valence-electron chi connectivity index (χ3n) is 2.99. The minimum Gasteiger partial charge on any atom is -0.465 e. The van der Waals surface area contributed by atoms with Gasteiger partial charge in [-0.25, -0.2) is 4.79 Å². The maximum absolute atomic E-state index is 11.3. The van der Waals surface area contributed by atoms with Crippen LogP contribution in [0.5, 0.6) is 0 Å². The van der Waals surface area contributed by atoms with Crippen LogP contribution >= 0.6 is 0 Å². The molecule has 0 heterocycles. The molecule has 0 unspecified atom stereocenters. The fourth-order valence-corrected chi connectivity index (χ4v) is 1.89. The van der Waals surface area contributed by atoms with Crippen LogP contribution in [0.25, 0.3) is 0 Å². The summed E-state index contributed by atoms with van der Waals surface area (Å²) in [6.07, 6.45) is 0. The SMILES string of the molecule is COC(=O)c1ccc([C@@H](C)Nc2ccccc2)cc1. The molecule has 1 N–H and O–H groups in total. The minimum absolute atomic E-state index is 0.175. The van der Waals surface area contributed by atoms with E-state index >= 15 is 0 Å². The molecule has 0 fully saturated rings. The van der Waals surface area contributed by atoms with Gasteiger partial charge in [0.1, 0.15) is 0 Å². The molecule has 0 radical (unpaired) electrons. The van der Waals surface area contributed by atoms with Crippen molar-refractivity contribution in [2.24, 2.45) is 0 Å². The molecule has 19 heavy (non-hydrogen) atoms. The minimum atomic E-state index is -0.310. The van der Waals surface area contributed by atoms with Crippen LogP contribution in [-0.4, -0.2) is 13.1 Å². The molecule has 0 saturated heterocycles. The van der Waals surface area contributed by atoms with Crippen LogP contribution in [0.15, 0.2) is 54.6 Å². The first-order valence-electron chi connectivity index (χ1n) is 6.20. The molecule has 0 aliphatic carbocycles. The summed E-state index contributed by atoms with van der Waals surface area (Å²) in [5.41, 5.74) is 2.77. The van der Waals surface area contributed by atoms with Crippen LogP contribution in [0.3, 0.4) is 0 Å². The van der Waals surface area contributed by atoms with Gasteiger partial charge in [-0.1, -0.05) is 30.3 Å². The summed E-state index contributed by atoms with van der Waals surface area (Å²) >= 11 is 0. The van der Waals surface area contributed by atoms with Gasteiger partial charge in [-0.3, -0.25) is 0 Å². The van der Waals surface area contributed by atoms with Gasteiger partial charge in [0.2, 0.25) is 0 Å². The zero-order valence-corrected chi connectivity index (χ0v) is 11.1. The van der Waals surface area contributed by atoms with E-state index in [-0.39, 0.29) is 12.0 Å². The molecule has 98 valence electrons. The molecular formula is C16H17NO2. The van der Waals surface area contributed by atoms with Crippen LogP contribution < -0.4 is 5.32 Å². The standard InChI is InChI=1S/C16H17NO2/c1-12(17-15-6-4-3-5-7-15)13-8-10-14(11-9-13)16(18)19-2/h3-12,17H,1-2H3/t12-/m1/s1. The summed E-state index contributed by atoms with van der Waals surface area (Å²) in [5, 5.41) is 3.40. The van der Waals surface area contributed by atoms with Crippen LogP contribution in [-0.2, 0) is 4.74 Å². The first kappa shape index (κ1) is 13.1. The van der Waals surface area contributed by atoms with Crippen molar-refractivity contribution in [3.05, 3.63) is 65.7 Å². The average Bonchev–Trinajstić information content (AvgIpc) is 2.47. The van der Waals surface area contributed by atoms with Gasteiger partial charge >= 0.3 is 5.97 Å². The van der Waals surface area contributed by atoms with Gasteiger partial charge in [0.25, 0.3) is 0 Å². The van der Waals surface area contributed by atoms with E-state index in [1.807, 2.05) is 42.5 Å². The maximum Gasteiger partial charge on any atom is 0.337 e. The van der Waals surface area contributed by atoms with Crippen LogP contribution in [0.1, 0.15) is 28.9 Å². The number of para-hydroxylation sites is 1. The van der Waals surface area contributed by atoms with Crippen molar-refractivity contribution < 1.29 is 9.53 Å². The number of nitrogens with one attached hydrogen (secondary N) is 1. The lowest BCUT2D eigenvalue weighted by Gasteiger charge is -2.15. The summed E-state index contributed by atoms with van der Waals surface area (Å²) in [6, 6.07) is 17.6. The van der Waals surface area contributed by atoms with Crippen LogP contribution in [0.2, 0.25) is 0 Å². The number of rotatable bonds is 4. The van der Waals surface area contributed by atoms with Gasteiger partial charge < -0.3 is 10.1 Å². The highest BCUT2D eigenvalue weighted by atomic mass is 16.5. The molecule has 3 heteroatoms. The molecule has 0 aliphatic heterocycles. The third-order valence-corrected chi connectivity index (χ3v) is 2.99. The lowest BCUT2D eigenvalue weighted by atomic mass is 10.1. The number of carbonyl (C=O) groups excluding carboxylic acids is 1. The second kappa shape index (κ2) is 6.05. The predicted octanol–water partition coefficient (Wildman–Crippen LogP) is 3.65. The zero-order valence-electron chi connectivity index (χ0n) is 11.1. The van der Waals surface area contributed by atoms with E-state index in [9.17, 15) is 4.79 Å². The monoisotopic (exact) mass is 255 g/mol. The summed E-state index contributed by atoms with van der Waals surface area (Å²) in [7, 11) is 1.38. The predicted molar refractivity (Wildman–Crippen MR) is 76.3 cm³/mol. The number of ether oxygens (including phenoxy) is 1. The van der Waals surface area contributed by atoms with E-state index in [1.54, 1.807) is 12.1 Å². The van der Waals surface area contributed by atoms with Gasteiger partial charge in [0.15, 0.2) is 0 Å². The van der Waals surface area contributed by atoms with E-state index in [0.29, 0.717) is 5.56 Å². The molecule has 2 aromatic carbocycles. The van der Waals surface area contributed by atoms with Crippen molar-refractivity contribution in [1.82, 2.24) is 0 Å². The highest BCUT2D eigenvalue weighted by Crippen LogP contribution is 2.19. The van der Waals surface area contributed by atoms with Crippen molar-refractivity contribution >= 4 is 11.7 Å². The molecule has 2 rings (SSSR count). The molecule has 0 aliphatic rings. The highest BCUT2D eigenvalue weighted by molar-refractivity contribution is 5.89. The number of esters is 1. The molecule has 1 atom stereocenters. The van der Waals surface area contributed by atoms with Gasteiger partial charge in [-0.2, -0.15) is 0 Å². The first-order valence-corrected chi connectivity index (χ1v) is 6.20. The Morgan fingerprint density at radius 2 is 1.68 bits per heavy atom. The van der Waals surface area contributed by atoms with E-state index in [4.69, 9.17) is 0 Å². The normalized spacial score (nSPS) is 11.7. The van der Waals surface area contributed by atoms with Crippen molar-refractivity contribution in [2.75, 3.05) is 12.4 Å². The Labute approximate surface area is 113 Å². The Bertz CT molecular complexity index is 534. The topological polar surface area (TPSA) is 38.3 Å². The van der Waals surface area contributed by atoms with Gasteiger partial charge in [-0.05, 0) is 36.8 Å². The zero-order chi connectivity index (χ0) is 13.7. The molecular weight excluding hydrogens is 238 g/mol. The fourth-order valence-electron chi connectivity index (χ4n) is 1.89. The number of hydrogen-bond donors (Lipinski definition) is 1. The van der Waals surface area contributed by atoms with E-state index in [2.05, 4.69) is 17.0 Å². The Balaban J connectivity index is 2.07. The van der Waals surface area contributed by atoms with Crippen molar-refractivity contribution in [1.29, 1.82) is 0 Å². The van der Waals surface area contributed by atoms with E-state index in [0.717, 1.165) is 11.3 Å². The summed E-state index contributed by atoms with van der Waals surface area (Å²) in [4.78, 5) is 11.3. The van der Waals surface area contributed by atoms with Gasteiger partial charge in [0, 0.05) is 11.7 Å². The van der Waals surface area contributed by atoms with E-state index < -0.39 is 0 Å². The number of carbonyl (C=O) groups is 1. The lowest BCUT2D eigenvalue weighted by Crippen LogP contribution is -2.07. The lowest BCUT2D eigenvalue weighted by molar-refractivity contribution is 0.0600. The quantitative estimate of drug-likeness (QED) is 0.847. The van der Waals surface area contributed by atoms with Crippen molar-refractivity contribution in [3.8, 4) is 0 Å². The second-order valence-electron chi connectivity index (χ2n) is 4.35. The number of methoxy groups -OCH3 is 1. The van der Waals surface area contributed by atoms with Gasteiger partial charge in [0.05, 0.1) is 12.7 Å². The molecule has 0 bridgehead atoms. The Kier molecular flexibility index (Phi) is 4.18. The van der Waals surface area contributed by atoms with E-state index in [1.165, 1.54) is 7.11 Å². The average molecular weight is 255 g/mol. The largest absolute Gasteiger partial charge is 0.465 e. The maximum atomic E-state index is 11.3. The fraction of sp³-hybridized carbons (Fsp3) is 0.188. The highest BCUT2D eigenvalue weighted by Gasteiger charge is 2.08. The molecule has 2 aromatic rings. The Morgan fingerprint density at radius 3 is 2.26 bits per heavy atom. The number of hydrogen-bond acceptors (Lipinski definition) is 3. The Hall–Kier alpha value is -2.29. The van der Waals surface area contributed by atoms with Crippen LogP contribution in [0.4, 0.5) is 5.69 Å². The van der Waals surface area contributed by atoms with Crippen molar-refractivity contribution in [2.45, 2.75) is 13.0 Å². The van der Waals surface area contributed by atoms with Crippen molar-refractivity contribution in [3.63, 3.8) is 0 Å². The van der Waals surface area contributed by atoms with Gasteiger partial charge in [-0.15, -0.1) is 0 Å². The molecule has 0 amide bonds. The molecule has 0 aromatic heterocycles. The summed E-state index contributed by atoms with van der Waals surface area (Å²) in [5.74, 6) is -0.310. The molecule has 0 spiro atoms. The van der Waals surface area contributed by atoms with Crippen LogP contribution in [0, 0.1) is 0 Å². The number of benzene rings is 2. The number of anilines is 1. The summed E-state index contributed by atoms with van der Waals surface area (Å²) in [6.45, 7) is 2.08. The summed E-state index contributed by atoms with van der Waals surface area (Å²) < 4.78 is 4.68. The third kappa shape index (κ3) is 3.35. The Morgan fingerprint density at radius 1 is 1.05 bits per heavy atom.